The highest BCUT2D eigenvalue weighted by Gasteiger charge is 2.21. The molecule has 0 fully saturated rings. The van der Waals surface area contributed by atoms with Crippen LogP contribution in [-0.2, 0) is 9.59 Å². The molecular formula is C22H23N7O5. The van der Waals surface area contributed by atoms with E-state index in [1.165, 1.54) is 12.1 Å². The van der Waals surface area contributed by atoms with Crippen molar-refractivity contribution in [3.8, 4) is 0 Å². The summed E-state index contributed by atoms with van der Waals surface area (Å²) in [5.74, 6) is -3.19. The maximum absolute atomic E-state index is 12.5. The molecule has 9 N–H and O–H groups in total. The van der Waals surface area contributed by atoms with Crippen LogP contribution in [0, 0.1) is 0 Å². The van der Waals surface area contributed by atoms with Gasteiger partial charge in [0.05, 0.1) is 13.2 Å². The topological polar surface area (TPSA) is 205 Å². The summed E-state index contributed by atoms with van der Waals surface area (Å²) < 4.78 is 0. The molecule has 0 aliphatic heterocycles. The molecule has 0 bridgehead atoms. The van der Waals surface area contributed by atoms with Gasteiger partial charge in [-0.25, -0.2) is 0 Å². The Kier molecular flexibility index (Phi) is 7.56. The minimum Gasteiger partial charge on any atom is -0.394 e. The first-order chi connectivity index (χ1) is 16.3. The van der Waals surface area contributed by atoms with E-state index in [-0.39, 0.29) is 11.4 Å². The van der Waals surface area contributed by atoms with Gasteiger partial charge < -0.3 is 37.5 Å². The Morgan fingerprint density at radius 1 is 0.971 bits per heavy atom. The monoisotopic (exact) mass is 465 g/mol. The molecule has 12 nitrogen and oxygen atoms in total. The van der Waals surface area contributed by atoms with Crippen molar-refractivity contribution in [3.63, 3.8) is 0 Å². The lowest BCUT2D eigenvalue weighted by Crippen LogP contribution is -2.49. The molecule has 3 aromatic rings. The summed E-state index contributed by atoms with van der Waals surface area (Å²) in [4.78, 5) is 54.5. The number of fused-ring (bicyclic) bond motifs is 1. The molecule has 0 radical (unpaired) electrons. The number of H-pyrrole nitrogens is 1. The summed E-state index contributed by atoms with van der Waals surface area (Å²) in [7, 11) is 0. The third-order valence-corrected chi connectivity index (χ3v) is 4.65. The molecule has 0 aliphatic rings. The van der Waals surface area contributed by atoms with Gasteiger partial charge in [-0.05, 0) is 35.0 Å². The van der Waals surface area contributed by atoms with Gasteiger partial charge in [-0.15, -0.1) is 0 Å². The number of nitrogens with two attached hydrogens (primary N) is 2. The van der Waals surface area contributed by atoms with Crippen LogP contribution >= 0.6 is 0 Å². The molecule has 0 saturated heterocycles. The van der Waals surface area contributed by atoms with E-state index >= 15 is 0 Å². The van der Waals surface area contributed by atoms with E-state index in [0.29, 0.717) is 5.69 Å². The second kappa shape index (κ2) is 10.7. The van der Waals surface area contributed by atoms with Crippen LogP contribution in [0.2, 0.25) is 0 Å². The van der Waals surface area contributed by atoms with E-state index in [2.05, 4.69) is 25.9 Å². The lowest BCUT2D eigenvalue weighted by atomic mass is 10.1. The van der Waals surface area contributed by atoms with E-state index in [9.17, 15) is 24.3 Å². The number of nitrogens with one attached hydrogen (secondary N) is 4. The van der Waals surface area contributed by atoms with Gasteiger partial charge in [-0.1, -0.05) is 30.3 Å². The van der Waals surface area contributed by atoms with Crippen molar-refractivity contribution in [1.29, 1.82) is 0 Å². The molecule has 0 aliphatic carbocycles. The Balaban J connectivity index is 1.52. The van der Waals surface area contributed by atoms with Crippen LogP contribution in [0.25, 0.3) is 10.8 Å². The van der Waals surface area contributed by atoms with E-state index in [4.69, 9.17) is 11.5 Å². The SMILES string of the molecule is NC(N)=NC(=O)c1ccc(C(=O)NCC(=O)N[C@@H](CO)C(=O)Nc2ccc3ccccc3c2)[nH]1. The Bertz CT molecular complexity index is 1260. The van der Waals surface area contributed by atoms with E-state index < -0.39 is 48.8 Å². The molecular weight excluding hydrogens is 442 g/mol. The molecule has 4 amide bonds. The number of aliphatic hydroxyl groups excluding tert-OH is 1. The maximum Gasteiger partial charge on any atom is 0.296 e. The van der Waals surface area contributed by atoms with Gasteiger partial charge in [-0.3, -0.25) is 19.2 Å². The van der Waals surface area contributed by atoms with Crippen LogP contribution < -0.4 is 27.4 Å². The molecule has 176 valence electrons. The lowest BCUT2D eigenvalue weighted by molar-refractivity contribution is -0.126. The zero-order valence-electron chi connectivity index (χ0n) is 17.9. The van der Waals surface area contributed by atoms with Crippen LogP contribution in [0.3, 0.4) is 0 Å². The number of rotatable bonds is 8. The predicted molar refractivity (Wildman–Crippen MR) is 125 cm³/mol. The average molecular weight is 465 g/mol. The number of carbonyl (C=O) groups excluding carboxylic acids is 4. The predicted octanol–water partition coefficient (Wildman–Crippen LogP) is -0.573. The highest BCUT2D eigenvalue weighted by molar-refractivity contribution is 6.03. The van der Waals surface area contributed by atoms with E-state index in [0.717, 1.165) is 10.8 Å². The molecule has 1 heterocycles. The summed E-state index contributed by atoms with van der Waals surface area (Å²) in [6.45, 7) is -1.12. The molecule has 34 heavy (non-hydrogen) atoms. The van der Waals surface area contributed by atoms with Crippen LogP contribution in [0.15, 0.2) is 59.6 Å². The Morgan fingerprint density at radius 3 is 2.38 bits per heavy atom. The number of aliphatic imine (C=N–C) groups is 1. The number of anilines is 1. The van der Waals surface area contributed by atoms with Crippen LogP contribution in [0.4, 0.5) is 5.69 Å². The van der Waals surface area contributed by atoms with Crippen molar-refractivity contribution in [2.45, 2.75) is 6.04 Å². The molecule has 0 unspecified atom stereocenters. The van der Waals surface area contributed by atoms with Gasteiger partial charge in [-0.2, -0.15) is 4.99 Å². The summed E-state index contributed by atoms with van der Waals surface area (Å²) in [5.41, 5.74) is 10.8. The molecule has 0 saturated carbocycles. The third-order valence-electron chi connectivity index (χ3n) is 4.65. The average Bonchev–Trinajstić information content (AvgIpc) is 3.31. The minimum atomic E-state index is -1.23. The molecule has 1 aromatic heterocycles. The zero-order chi connectivity index (χ0) is 24.7. The standard InChI is InChI=1S/C22H23N7O5/c23-22(24)29-20(33)16-8-7-15(27-16)19(32)25-10-18(31)28-17(11-30)21(34)26-14-6-5-12-3-1-2-4-13(12)9-14/h1-9,17,27,30H,10-11H2,(H,25,32)(H,26,34)(H,28,31)(H4,23,24,29,33)/t17-/m0/s1. The normalized spacial score (nSPS) is 11.3. The number of hydrogen-bond acceptors (Lipinski definition) is 5. The van der Waals surface area contributed by atoms with Gasteiger partial charge in [0.2, 0.25) is 11.8 Å². The molecule has 1 atom stereocenters. The number of aliphatic hydroxyl groups is 1. The Morgan fingerprint density at radius 2 is 1.68 bits per heavy atom. The number of carbonyl (C=O) groups is 4. The second-order valence-electron chi connectivity index (χ2n) is 7.16. The number of amides is 4. The van der Waals surface area contributed by atoms with E-state index in [1.807, 2.05) is 30.3 Å². The molecule has 3 rings (SSSR count). The zero-order valence-corrected chi connectivity index (χ0v) is 17.9. The number of guanidine groups is 1. The Labute approximate surface area is 193 Å². The smallest absolute Gasteiger partial charge is 0.296 e. The fourth-order valence-corrected chi connectivity index (χ4v) is 3.02. The second-order valence-corrected chi connectivity index (χ2v) is 7.16. The van der Waals surface area contributed by atoms with Crippen molar-refractivity contribution in [2.75, 3.05) is 18.5 Å². The Hall–Kier alpha value is -4.71. The van der Waals surface area contributed by atoms with Crippen LogP contribution in [0.1, 0.15) is 21.0 Å². The fraction of sp³-hybridized carbons (Fsp3) is 0.136. The summed E-state index contributed by atoms with van der Waals surface area (Å²) in [6, 6.07) is 14.3. The first kappa shape index (κ1) is 23.9. The number of aromatic amines is 1. The highest BCUT2D eigenvalue weighted by Crippen LogP contribution is 2.18. The van der Waals surface area contributed by atoms with E-state index in [1.54, 1.807) is 12.1 Å². The van der Waals surface area contributed by atoms with Crippen molar-refractivity contribution < 1.29 is 24.3 Å². The fourth-order valence-electron chi connectivity index (χ4n) is 3.02. The summed E-state index contributed by atoms with van der Waals surface area (Å²) in [5, 5.41) is 18.8. The van der Waals surface area contributed by atoms with Crippen molar-refractivity contribution >= 4 is 46.0 Å². The lowest BCUT2D eigenvalue weighted by Gasteiger charge is -2.16. The molecule has 0 spiro atoms. The number of aromatic nitrogens is 1. The van der Waals surface area contributed by atoms with Crippen molar-refractivity contribution in [3.05, 3.63) is 66.0 Å². The van der Waals surface area contributed by atoms with Gasteiger partial charge in [0.15, 0.2) is 5.96 Å². The van der Waals surface area contributed by atoms with Gasteiger partial charge in [0, 0.05) is 5.69 Å². The third kappa shape index (κ3) is 6.17. The van der Waals surface area contributed by atoms with Crippen LogP contribution in [-0.4, -0.2) is 58.9 Å². The largest absolute Gasteiger partial charge is 0.394 e. The molecule has 12 heteroatoms. The first-order valence-corrected chi connectivity index (χ1v) is 10.1. The number of nitrogens with zero attached hydrogens (tertiary/aromatic N) is 1. The summed E-state index contributed by atoms with van der Waals surface area (Å²) in [6.07, 6.45) is 0. The molecule has 2 aromatic carbocycles. The van der Waals surface area contributed by atoms with Crippen molar-refractivity contribution in [2.24, 2.45) is 16.5 Å². The van der Waals surface area contributed by atoms with Gasteiger partial charge in [0.25, 0.3) is 11.8 Å². The number of hydrogen-bond donors (Lipinski definition) is 7. The first-order valence-electron chi connectivity index (χ1n) is 10.1. The van der Waals surface area contributed by atoms with Gasteiger partial charge >= 0.3 is 0 Å². The summed E-state index contributed by atoms with van der Waals surface area (Å²) >= 11 is 0. The maximum atomic E-state index is 12.5. The van der Waals surface area contributed by atoms with Gasteiger partial charge in [0.1, 0.15) is 17.4 Å². The minimum absolute atomic E-state index is 0.00491. The van der Waals surface area contributed by atoms with Crippen molar-refractivity contribution in [1.82, 2.24) is 15.6 Å². The van der Waals surface area contributed by atoms with Crippen LogP contribution in [0.5, 0.6) is 0 Å². The highest BCUT2D eigenvalue weighted by atomic mass is 16.3. The quantitative estimate of drug-likeness (QED) is 0.170. The number of benzene rings is 2.